The van der Waals surface area contributed by atoms with Gasteiger partial charge in [-0.05, 0) is 68.6 Å². The summed E-state index contributed by atoms with van der Waals surface area (Å²) in [5.41, 5.74) is 3.01. The number of benzene rings is 1. The van der Waals surface area contributed by atoms with Crippen molar-refractivity contribution in [2.75, 3.05) is 5.32 Å². The Hall–Kier alpha value is -1.58. The van der Waals surface area contributed by atoms with Crippen molar-refractivity contribution in [3.05, 3.63) is 33.4 Å². The molecule has 2 aliphatic rings. The quantitative estimate of drug-likeness (QED) is 0.647. The first kappa shape index (κ1) is 12.5. The fraction of sp³-hybridized carbons (Fsp3) is 0.600. The van der Waals surface area contributed by atoms with Gasteiger partial charge in [0.15, 0.2) is 0 Å². The van der Waals surface area contributed by atoms with Crippen molar-refractivity contribution in [1.82, 2.24) is 0 Å². The summed E-state index contributed by atoms with van der Waals surface area (Å²) in [7, 11) is 0. The zero-order chi connectivity index (χ0) is 13.6. The van der Waals surface area contributed by atoms with Gasteiger partial charge in [0.05, 0.1) is 4.92 Å². The summed E-state index contributed by atoms with van der Waals surface area (Å²) in [5.74, 6) is 1.46. The third-order valence-corrected chi connectivity index (χ3v) is 4.39. The molecule has 2 fully saturated rings. The number of nitro groups is 1. The lowest BCUT2D eigenvalue weighted by Gasteiger charge is -2.19. The van der Waals surface area contributed by atoms with Crippen molar-refractivity contribution in [1.29, 1.82) is 0 Å². The van der Waals surface area contributed by atoms with E-state index < -0.39 is 0 Å². The minimum absolute atomic E-state index is 0.217. The van der Waals surface area contributed by atoms with Gasteiger partial charge < -0.3 is 5.32 Å². The van der Waals surface area contributed by atoms with Gasteiger partial charge in [-0.2, -0.15) is 0 Å². The van der Waals surface area contributed by atoms with Gasteiger partial charge in [-0.25, -0.2) is 0 Å². The fourth-order valence-electron chi connectivity index (χ4n) is 2.78. The highest BCUT2D eigenvalue weighted by Crippen LogP contribution is 2.46. The van der Waals surface area contributed by atoms with E-state index in [4.69, 9.17) is 0 Å². The third-order valence-electron chi connectivity index (χ3n) is 4.39. The van der Waals surface area contributed by atoms with E-state index >= 15 is 0 Å². The molecule has 0 saturated heterocycles. The van der Waals surface area contributed by atoms with Crippen molar-refractivity contribution in [3.8, 4) is 0 Å². The molecule has 4 heteroatoms. The molecule has 0 radical (unpaired) electrons. The first-order valence-electron chi connectivity index (χ1n) is 7.08. The first-order valence-corrected chi connectivity index (χ1v) is 7.08. The van der Waals surface area contributed by atoms with Crippen LogP contribution in [0.15, 0.2) is 12.1 Å². The number of hydrogen-bond acceptors (Lipinski definition) is 3. The average molecular weight is 260 g/mol. The summed E-state index contributed by atoms with van der Waals surface area (Å²) in [4.78, 5) is 10.9. The minimum Gasteiger partial charge on any atom is -0.376 e. The van der Waals surface area contributed by atoms with Crippen LogP contribution in [0.4, 0.5) is 11.4 Å². The molecule has 1 aromatic carbocycles. The highest BCUT2D eigenvalue weighted by atomic mass is 16.6. The number of nitrogens with zero attached hydrogens (tertiary/aromatic N) is 1. The lowest BCUT2D eigenvalue weighted by Crippen LogP contribution is -2.24. The van der Waals surface area contributed by atoms with Crippen LogP contribution in [-0.4, -0.2) is 11.0 Å². The van der Waals surface area contributed by atoms with Gasteiger partial charge in [0.2, 0.25) is 0 Å². The predicted molar refractivity (Wildman–Crippen MR) is 75.4 cm³/mol. The molecule has 0 spiro atoms. The Morgan fingerprint density at radius 3 is 2.16 bits per heavy atom. The van der Waals surface area contributed by atoms with Gasteiger partial charge in [0, 0.05) is 12.1 Å². The first-order chi connectivity index (χ1) is 9.06. The molecule has 19 heavy (non-hydrogen) atoms. The van der Waals surface area contributed by atoms with Gasteiger partial charge in [-0.3, -0.25) is 10.1 Å². The largest absolute Gasteiger partial charge is 0.376 e. The molecular formula is C15H20N2O2. The highest BCUT2D eigenvalue weighted by molar-refractivity contribution is 5.65. The van der Waals surface area contributed by atoms with Crippen LogP contribution in [0.2, 0.25) is 0 Å². The Morgan fingerprint density at radius 1 is 1.16 bits per heavy atom. The Balaban J connectivity index is 1.89. The van der Waals surface area contributed by atoms with E-state index in [1.54, 1.807) is 6.07 Å². The maximum Gasteiger partial charge on any atom is 0.292 e. The molecular weight excluding hydrogens is 240 g/mol. The molecule has 0 aliphatic heterocycles. The number of nitrogens with one attached hydrogen (secondary N) is 1. The molecule has 2 aliphatic carbocycles. The number of rotatable bonds is 5. The van der Waals surface area contributed by atoms with Crippen LogP contribution >= 0.6 is 0 Å². The molecule has 2 saturated carbocycles. The van der Waals surface area contributed by atoms with E-state index in [0.29, 0.717) is 11.7 Å². The molecule has 1 N–H and O–H groups in total. The van der Waals surface area contributed by atoms with Gasteiger partial charge in [-0.1, -0.05) is 0 Å². The second-order valence-electron chi connectivity index (χ2n) is 6.06. The predicted octanol–water partition coefficient (Wildman–Crippen LogP) is 3.81. The normalized spacial score (nSPS) is 18.7. The second kappa shape index (κ2) is 4.51. The maximum atomic E-state index is 11.2. The molecule has 0 unspecified atom stereocenters. The Bertz CT molecular complexity index is 507. The van der Waals surface area contributed by atoms with Crippen LogP contribution in [0.3, 0.4) is 0 Å². The molecule has 0 heterocycles. The van der Waals surface area contributed by atoms with Crippen LogP contribution in [0.5, 0.6) is 0 Å². The zero-order valence-electron chi connectivity index (χ0n) is 11.5. The summed E-state index contributed by atoms with van der Waals surface area (Å²) in [5, 5.41) is 14.7. The smallest absolute Gasteiger partial charge is 0.292 e. The Labute approximate surface area is 113 Å². The van der Waals surface area contributed by atoms with Gasteiger partial charge in [0.25, 0.3) is 5.69 Å². The van der Waals surface area contributed by atoms with Crippen molar-refractivity contribution >= 4 is 11.4 Å². The summed E-state index contributed by atoms with van der Waals surface area (Å²) in [6, 6.07) is 4.07. The topological polar surface area (TPSA) is 55.2 Å². The van der Waals surface area contributed by atoms with E-state index in [2.05, 4.69) is 5.32 Å². The second-order valence-corrected chi connectivity index (χ2v) is 6.06. The number of anilines is 1. The van der Waals surface area contributed by atoms with Crippen molar-refractivity contribution in [3.63, 3.8) is 0 Å². The van der Waals surface area contributed by atoms with Crippen molar-refractivity contribution in [2.24, 2.45) is 11.8 Å². The SMILES string of the molecule is Cc1cc(NC(C2CC2)C2CC2)c([N+](=O)[O-])cc1C. The van der Waals surface area contributed by atoms with Gasteiger partial charge >= 0.3 is 0 Å². The molecule has 0 bridgehead atoms. The minimum atomic E-state index is -0.272. The lowest BCUT2D eigenvalue weighted by atomic mass is 10.0. The highest BCUT2D eigenvalue weighted by Gasteiger charge is 2.42. The van der Waals surface area contributed by atoms with Crippen LogP contribution < -0.4 is 5.32 Å². The Kier molecular flexibility index (Phi) is 2.96. The number of nitro benzene ring substituents is 1. The van der Waals surface area contributed by atoms with Crippen LogP contribution in [0.25, 0.3) is 0 Å². The molecule has 3 rings (SSSR count). The molecule has 4 nitrogen and oxygen atoms in total. The molecule has 0 atom stereocenters. The Morgan fingerprint density at radius 2 is 1.68 bits per heavy atom. The average Bonchev–Trinajstić information content (AvgIpc) is 3.23. The van der Waals surface area contributed by atoms with Crippen LogP contribution in [0.1, 0.15) is 36.8 Å². The standard InChI is InChI=1S/C15H20N2O2/c1-9-7-13(14(17(18)19)8-10(9)2)16-15(11-3-4-11)12-5-6-12/h7-8,11-12,15-16H,3-6H2,1-2H3. The van der Waals surface area contributed by atoms with Crippen molar-refractivity contribution in [2.45, 2.75) is 45.6 Å². The monoisotopic (exact) mass is 260 g/mol. The van der Waals surface area contributed by atoms with Crippen LogP contribution in [-0.2, 0) is 0 Å². The molecule has 1 aromatic rings. The molecule has 0 aromatic heterocycles. The summed E-state index contributed by atoms with van der Waals surface area (Å²) in [6.45, 7) is 3.93. The van der Waals surface area contributed by atoms with Crippen LogP contribution in [0, 0.1) is 35.8 Å². The zero-order valence-corrected chi connectivity index (χ0v) is 11.5. The van der Waals surface area contributed by atoms with Crippen molar-refractivity contribution < 1.29 is 4.92 Å². The van der Waals surface area contributed by atoms with E-state index in [1.165, 1.54) is 25.7 Å². The summed E-state index contributed by atoms with van der Waals surface area (Å²) < 4.78 is 0. The number of aryl methyl sites for hydroxylation is 2. The van der Waals surface area contributed by atoms with Gasteiger partial charge in [-0.15, -0.1) is 0 Å². The van der Waals surface area contributed by atoms with E-state index in [0.717, 1.165) is 23.0 Å². The number of hydrogen-bond donors (Lipinski definition) is 1. The van der Waals surface area contributed by atoms with E-state index in [-0.39, 0.29) is 10.6 Å². The summed E-state index contributed by atoms with van der Waals surface area (Å²) in [6.07, 6.45) is 5.08. The lowest BCUT2D eigenvalue weighted by molar-refractivity contribution is -0.384. The van der Waals surface area contributed by atoms with Gasteiger partial charge in [0.1, 0.15) is 5.69 Å². The third kappa shape index (κ3) is 2.57. The maximum absolute atomic E-state index is 11.2. The van der Waals surface area contributed by atoms with E-state index in [9.17, 15) is 10.1 Å². The molecule has 102 valence electrons. The fourth-order valence-corrected chi connectivity index (χ4v) is 2.78. The molecule has 0 amide bonds. The van der Waals surface area contributed by atoms with E-state index in [1.807, 2.05) is 19.9 Å². The summed E-state index contributed by atoms with van der Waals surface area (Å²) >= 11 is 0.